The lowest BCUT2D eigenvalue weighted by molar-refractivity contribution is 0.146. The predicted octanol–water partition coefficient (Wildman–Crippen LogP) is 2.64. The molecule has 0 amide bonds. The maximum Gasteiger partial charge on any atom is 0.161 e. The smallest absolute Gasteiger partial charge is 0.161 e. The Kier molecular flexibility index (Phi) is 4.47. The van der Waals surface area contributed by atoms with Crippen molar-refractivity contribution in [2.24, 2.45) is 5.92 Å². The van der Waals surface area contributed by atoms with Crippen molar-refractivity contribution in [3.63, 3.8) is 0 Å². The molecule has 2 aromatic rings. The van der Waals surface area contributed by atoms with Crippen LogP contribution in [0.4, 0.5) is 4.39 Å². The van der Waals surface area contributed by atoms with Crippen LogP contribution in [-0.4, -0.2) is 37.2 Å². The molecule has 3 atom stereocenters. The fourth-order valence-electron chi connectivity index (χ4n) is 4.50. The van der Waals surface area contributed by atoms with Crippen LogP contribution in [0.15, 0.2) is 42.5 Å². The molecule has 0 bridgehead atoms. The molecule has 3 unspecified atom stereocenters. The minimum Gasteiger partial charge on any atom is -0.486 e. The Bertz CT molecular complexity index is 831. The van der Waals surface area contributed by atoms with E-state index in [-0.39, 0.29) is 11.9 Å². The van der Waals surface area contributed by atoms with Gasteiger partial charge in [0.05, 0.1) is 6.04 Å². The molecule has 0 aromatic heterocycles. The summed E-state index contributed by atoms with van der Waals surface area (Å²) in [5.41, 5.74) is 8.68. The number of nitrogens with one attached hydrogen (secondary N) is 2. The third-order valence-electron chi connectivity index (χ3n) is 5.85. The van der Waals surface area contributed by atoms with Gasteiger partial charge in [0.25, 0.3) is 0 Å². The summed E-state index contributed by atoms with van der Waals surface area (Å²) >= 11 is 0. The average Bonchev–Trinajstić information content (AvgIpc) is 3.11. The van der Waals surface area contributed by atoms with E-state index < -0.39 is 0 Å². The third-order valence-corrected chi connectivity index (χ3v) is 5.85. The van der Waals surface area contributed by atoms with E-state index >= 15 is 0 Å². The standard InChI is InChI=1S/C21H24FN3O2/c22-17-4-2-1-3-15(17)21-16-13-25(8-7-18(16)23-24-21)12-14-5-6-19-20(11-14)27-10-9-26-19/h1-6,11,16,18,21,23-24H,7-10,12-13H2. The van der Waals surface area contributed by atoms with Gasteiger partial charge < -0.3 is 9.47 Å². The predicted molar refractivity (Wildman–Crippen MR) is 100 cm³/mol. The molecule has 5 nitrogen and oxygen atoms in total. The van der Waals surface area contributed by atoms with Crippen LogP contribution in [0.25, 0.3) is 0 Å². The lowest BCUT2D eigenvalue weighted by Gasteiger charge is -2.36. The number of rotatable bonds is 3. The van der Waals surface area contributed by atoms with E-state index in [4.69, 9.17) is 9.47 Å². The fraction of sp³-hybridized carbons (Fsp3) is 0.429. The second-order valence-corrected chi connectivity index (χ2v) is 7.56. The molecular weight excluding hydrogens is 345 g/mol. The van der Waals surface area contributed by atoms with Gasteiger partial charge in [-0.3, -0.25) is 10.3 Å². The van der Waals surface area contributed by atoms with E-state index in [1.54, 1.807) is 12.1 Å². The van der Waals surface area contributed by atoms with Crippen molar-refractivity contribution in [1.29, 1.82) is 0 Å². The topological polar surface area (TPSA) is 45.8 Å². The number of hydrazine groups is 1. The first-order chi connectivity index (χ1) is 13.3. The van der Waals surface area contributed by atoms with Crippen molar-refractivity contribution in [2.75, 3.05) is 26.3 Å². The van der Waals surface area contributed by atoms with Gasteiger partial charge in [0, 0.05) is 37.2 Å². The van der Waals surface area contributed by atoms with Crippen molar-refractivity contribution < 1.29 is 13.9 Å². The van der Waals surface area contributed by atoms with Gasteiger partial charge in [-0.2, -0.15) is 0 Å². The SMILES string of the molecule is Fc1ccccc1C1NNC2CCN(Cc3ccc4c(c3)OCCO4)CC21. The van der Waals surface area contributed by atoms with E-state index in [2.05, 4.69) is 27.9 Å². The van der Waals surface area contributed by atoms with Crippen LogP contribution in [0.3, 0.4) is 0 Å². The van der Waals surface area contributed by atoms with E-state index in [0.717, 1.165) is 43.1 Å². The molecule has 2 fully saturated rings. The summed E-state index contributed by atoms with van der Waals surface area (Å²) in [6, 6.07) is 13.6. The average molecular weight is 369 g/mol. The molecule has 2 aromatic carbocycles. The molecule has 3 aliphatic rings. The van der Waals surface area contributed by atoms with Crippen LogP contribution in [0, 0.1) is 11.7 Å². The monoisotopic (exact) mass is 369 g/mol. The summed E-state index contributed by atoms with van der Waals surface area (Å²) in [5.74, 6) is 1.86. The van der Waals surface area contributed by atoms with Crippen LogP contribution in [-0.2, 0) is 6.54 Å². The minimum atomic E-state index is -0.138. The van der Waals surface area contributed by atoms with Gasteiger partial charge in [0.1, 0.15) is 19.0 Å². The van der Waals surface area contributed by atoms with Crippen molar-refractivity contribution in [1.82, 2.24) is 15.8 Å². The lowest BCUT2D eigenvalue weighted by atomic mass is 9.85. The highest BCUT2D eigenvalue weighted by molar-refractivity contribution is 5.43. The van der Waals surface area contributed by atoms with E-state index in [9.17, 15) is 4.39 Å². The molecule has 2 saturated heterocycles. The number of nitrogens with zero attached hydrogens (tertiary/aromatic N) is 1. The highest BCUT2D eigenvalue weighted by Gasteiger charge is 2.41. The second kappa shape index (κ2) is 7.11. The van der Waals surface area contributed by atoms with Crippen LogP contribution >= 0.6 is 0 Å². The van der Waals surface area contributed by atoms with E-state index in [1.165, 1.54) is 5.56 Å². The number of fused-ring (bicyclic) bond motifs is 2. The number of hydrogen-bond donors (Lipinski definition) is 2. The number of hydrogen-bond acceptors (Lipinski definition) is 5. The van der Waals surface area contributed by atoms with E-state index in [1.807, 2.05) is 18.2 Å². The zero-order valence-electron chi connectivity index (χ0n) is 15.2. The Morgan fingerprint density at radius 3 is 2.78 bits per heavy atom. The molecule has 0 radical (unpaired) electrons. The van der Waals surface area contributed by atoms with Gasteiger partial charge in [0.2, 0.25) is 0 Å². The van der Waals surface area contributed by atoms with Gasteiger partial charge in [-0.05, 0) is 30.2 Å². The maximum absolute atomic E-state index is 14.3. The van der Waals surface area contributed by atoms with Crippen molar-refractivity contribution >= 4 is 0 Å². The van der Waals surface area contributed by atoms with Crippen molar-refractivity contribution in [3.05, 3.63) is 59.4 Å². The molecule has 0 aliphatic carbocycles. The summed E-state index contributed by atoms with van der Waals surface area (Å²) < 4.78 is 25.6. The van der Waals surface area contributed by atoms with Crippen molar-refractivity contribution in [2.45, 2.75) is 25.0 Å². The van der Waals surface area contributed by atoms with Gasteiger partial charge in [-0.15, -0.1) is 0 Å². The van der Waals surface area contributed by atoms with Crippen LogP contribution < -0.4 is 20.3 Å². The highest BCUT2D eigenvalue weighted by atomic mass is 19.1. The molecule has 3 heterocycles. The van der Waals surface area contributed by atoms with E-state index in [0.29, 0.717) is 25.2 Å². The molecule has 0 spiro atoms. The second-order valence-electron chi connectivity index (χ2n) is 7.56. The lowest BCUT2D eigenvalue weighted by Crippen LogP contribution is -2.45. The first-order valence-corrected chi connectivity index (χ1v) is 9.64. The third kappa shape index (κ3) is 3.29. The summed E-state index contributed by atoms with van der Waals surface area (Å²) in [6.45, 7) is 4.03. The van der Waals surface area contributed by atoms with Crippen LogP contribution in [0.2, 0.25) is 0 Å². The number of ether oxygens (including phenoxy) is 2. The Balaban J connectivity index is 1.31. The summed E-state index contributed by atoms with van der Waals surface area (Å²) in [7, 11) is 0. The molecule has 3 aliphatic heterocycles. The summed E-state index contributed by atoms with van der Waals surface area (Å²) in [6.07, 6.45) is 1.05. The maximum atomic E-state index is 14.3. The largest absolute Gasteiger partial charge is 0.486 e. The highest BCUT2D eigenvalue weighted by Crippen LogP contribution is 2.36. The van der Waals surface area contributed by atoms with Crippen LogP contribution in [0.1, 0.15) is 23.6 Å². The molecule has 142 valence electrons. The first-order valence-electron chi connectivity index (χ1n) is 9.64. The van der Waals surface area contributed by atoms with Gasteiger partial charge in [0.15, 0.2) is 11.5 Å². The fourth-order valence-corrected chi connectivity index (χ4v) is 4.50. The normalized spacial score (nSPS) is 27.4. The zero-order valence-corrected chi connectivity index (χ0v) is 15.2. The Morgan fingerprint density at radius 1 is 1.04 bits per heavy atom. The molecule has 5 rings (SSSR count). The zero-order chi connectivity index (χ0) is 18.2. The molecule has 2 N–H and O–H groups in total. The van der Waals surface area contributed by atoms with Crippen molar-refractivity contribution in [3.8, 4) is 11.5 Å². The Morgan fingerprint density at radius 2 is 1.89 bits per heavy atom. The molecular formula is C21H24FN3O2. The number of piperidine rings is 1. The molecule has 27 heavy (non-hydrogen) atoms. The summed E-state index contributed by atoms with van der Waals surface area (Å²) in [4.78, 5) is 2.45. The quantitative estimate of drug-likeness (QED) is 0.871. The van der Waals surface area contributed by atoms with Gasteiger partial charge in [-0.1, -0.05) is 24.3 Å². The molecule has 0 saturated carbocycles. The number of benzene rings is 2. The minimum absolute atomic E-state index is 0.000679. The van der Waals surface area contributed by atoms with Gasteiger partial charge >= 0.3 is 0 Å². The Labute approximate surface area is 158 Å². The first kappa shape index (κ1) is 17.0. The van der Waals surface area contributed by atoms with Gasteiger partial charge in [-0.25, -0.2) is 9.82 Å². The number of likely N-dealkylation sites (tertiary alicyclic amines) is 1. The number of halogens is 1. The van der Waals surface area contributed by atoms with Crippen LogP contribution in [0.5, 0.6) is 11.5 Å². The summed E-state index contributed by atoms with van der Waals surface area (Å²) in [5, 5.41) is 0. The molecule has 6 heteroatoms. The Hall–Kier alpha value is -2.15.